The van der Waals surface area contributed by atoms with Gasteiger partial charge in [-0.25, -0.2) is 0 Å². The molecule has 1 saturated heterocycles. The zero-order valence-corrected chi connectivity index (χ0v) is 9.72. The van der Waals surface area contributed by atoms with E-state index in [2.05, 4.69) is 6.58 Å². The molecule has 0 bridgehead atoms. The van der Waals surface area contributed by atoms with Crippen LogP contribution in [0.15, 0.2) is 41.8 Å². The predicted octanol–water partition coefficient (Wildman–Crippen LogP) is 3.37. The summed E-state index contributed by atoms with van der Waals surface area (Å²) in [6, 6.07) is 9.86. The van der Waals surface area contributed by atoms with E-state index in [1.165, 1.54) is 11.8 Å². The summed E-state index contributed by atoms with van der Waals surface area (Å²) in [6.45, 7) is 3.85. The van der Waals surface area contributed by atoms with Crippen molar-refractivity contribution in [3.05, 3.63) is 41.8 Å². The van der Waals surface area contributed by atoms with Gasteiger partial charge in [0.1, 0.15) is 4.99 Å². The lowest BCUT2D eigenvalue weighted by Gasteiger charge is -2.16. The molecule has 1 aromatic rings. The summed E-state index contributed by atoms with van der Waals surface area (Å²) in [5.41, 5.74) is 1.01. The minimum absolute atomic E-state index is 0.714. The molecule has 0 spiro atoms. The molecule has 0 atom stereocenters. The molecule has 0 unspecified atom stereocenters. The largest absolute Gasteiger partial charge is 0.285 e. The highest BCUT2D eigenvalue weighted by Gasteiger charge is 2.27. The monoisotopic (exact) mass is 237 g/mol. The molecule has 1 nitrogen and oxygen atoms in total. The SMILES string of the molecule is C=C1SC(=S)N(c2ccccc2)C1=S. The van der Waals surface area contributed by atoms with Gasteiger partial charge in [0, 0.05) is 10.6 Å². The molecule has 2 rings (SSSR count). The summed E-state index contributed by atoms with van der Waals surface area (Å²) < 4.78 is 0.756. The van der Waals surface area contributed by atoms with Crippen LogP contribution in [0.1, 0.15) is 0 Å². The van der Waals surface area contributed by atoms with Gasteiger partial charge >= 0.3 is 0 Å². The number of rotatable bonds is 1. The van der Waals surface area contributed by atoms with Crippen molar-refractivity contribution >= 4 is 51.2 Å². The number of anilines is 1. The van der Waals surface area contributed by atoms with Gasteiger partial charge in [-0.15, -0.1) is 0 Å². The number of thioether (sulfide) groups is 1. The third kappa shape index (κ3) is 1.61. The summed E-state index contributed by atoms with van der Waals surface area (Å²) in [4.78, 5) is 3.44. The molecule has 14 heavy (non-hydrogen) atoms. The van der Waals surface area contributed by atoms with Gasteiger partial charge in [-0.05, 0) is 12.1 Å². The maximum atomic E-state index is 5.24. The van der Waals surface area contributed by atoms with Crippen LogP contribution in [0.4, 0.5) is 5.69 Å². The number of benzene rings is 1. The molecular formula is C10H7NS3. The molecule has 1 aliphatic rings. The first kappa shape index (κ1) is 9.83. The Hall–Kier alpha value is -0.710. The first-order chi connectivity index (χ1) is 6.70. The Bertz CT molecular complexity index is 411. The average molecular weight is 237 g/mol. The minimum atomic E-state index is 0.714. The Labute approximate surface area is 97.8 Å². The van der Waals surface area contributed by atoms with Gasteiger partial charge in [-0.2, -0.15) is 0 Å². The maximum absolute atomic E-state index is 5.24. The van der Waals surface area contributed by atoms with Crippen LogP contribution in [0.5, 0.6) is 0 Å². The van der Waals surface area contributed by atoms with E-state index in [-0.39, 0.29) is 0 Å². The molecule has 4 heteroatoms. The van der Waals surface area contributed by atoms with Crippen LogP contribution in [0.3, 0.4) is 0 Å². The summed E-state index contributed by atoms with van der Waals surface area (Å²) >= 11 is 11.9. The fourth-order valence-corrected chi connectivity index (χ4v) is 2.82. The molecule has 1 aromatic carbocycles. The second kappa shape index (κ2) is 3.81. The summed E-state index contributed by atoms with van der Waals surface area (Å²) in [7, 11) is 0. The van der Waals surface area contributed by atoms with Gasteiger partial charge in [-0.3, -0.25) is 4.90 Å². The Balaban J connectivity index is 2.41. The highest BCUT2D eigenvalue weighted by molar-refractivity contribution is 8.28. The quantitative estimate of drug-likeness (QED) is 0.544. The van der Waals surface area contributed by atoms with Gasteiger partial charge in [0.25, 0.3) is 0 Å². The van der Waals surface area contributed by atoms with Crippen molar-refractivity contribution < 1.29 is 0 Å². The van der Waals surface area contributed by atoms with Crippen molar-refractivity contribution in [3.8, 4) is 0 Å². The standard InChI is InChI=1S/C10H7NS3/c1-7-9(12)11(10(13)14-7)8-5-3-2-4-6-8/h2-6H,1H2. The summed E-state index contributed by atoms with van der Waals surface area (Å²) in [5.74, 6) is 0. The van der Waals surface area contributed by atoms with Crippen molar-refractivity contribution in [1.29, 1.82) is 0 Å². The van der Waals surface area contributed by atoms with Crippen molar-refractivity contribution in [3.63, 3.8) is 0 Å². The molecular weight excluding hydrogens is 230 g/mol. The zero-order valence-electron chi connectivity index (χ0n) is 7.27. The average Bonchev–Trinajstić information content (AvgIpc) is 2.43. The number of hydrogen-bond donors (Lipinski definition) is 0. The fraction of sp³-hybridized carbons (Fsp3) is 0. The van der Waals surface area contributed by atoms with Crippen LogP contribution in [-0.4, -0.2) is 9.31 Å². The van der Waals surface area contributed by atoms with Crippen LogP contribution < -0.4 is 4.90 Å². The molecule has 0 radical (unpaired) electrons. The minimum Gasteiger partial charge on any atom is -0.285 e. The highest BCUT2D eigenvalue weighted by Crippen LogP contribution is 2.34. The molecule has 0 amide bonds. The van der Waals surface area contributed by atoms with E-state index in [0.717, 1.165) is 14.9 Å². The molecule has 0 aliphatic carbocycles. The smallest absolute Gasteiger partial charge is 0.151 e. The Morgan fingerprint density at radius 2 is 1.79 bits per heavy atom. The topological polar surface area (TPSA) is 3.24 Å². The summed E-state index contributed by atoms with van der Waals surface area (Å²) in [5, 5.41) is 0. The van der Waals surface area contributed by atoms with E-state index in [4.69, 9.17) is 24.4 Å². The first-order valence-electron chi connectivity index (χ1n) is 4.00. The lowest BCUT2D eigenvalue weighted by atomic mass is 10.3. The van der Waals surface area contributed by atoms with Crippen molar-refractivity contribution in [2.45, 2.75) is 0 Å². The highest BCUT2D eigenvalue weighted by atomic mass is 32.2. The molecule has 0 aromatic heterocycles. The predicted molar refractivity (Wildman–Crippen MR) is 70.8 cm³/mol. The second-order valence-corrected chi connectivity index (χ2v) is 4.88. The maximum Gasteiger partial charge on any atom is 0.151 e. The van der Waals surface area contributed by atoms with E-state index in [1.54, 1.807) is 0 Å². The van der Waals surface area contributed by atoms with Crippen molar-refractivity contribution in [1.82, 2.24) is 0 Å². The number of thiocarbonyl (C=S) groups is 2. The Morgan fingerprint density at radius 1 is 1.14 bits per heavy atom. The first-order valence-corrected chi connectivity index (χ1v) is 5.63. The molecule has 1 aliphatic heterocycles. The third-order valence-corrected chi connectivity index (χ3v) is 3.64. The van der Waals surface area contributed by atoms with Crippen LogP contribution in [0, 0.1) is 0 Å². The van der Waals surface area contributed by atoms with Crippen molar-refractivity contribution in [2.24, 2.45) is 0 Å². The number of para-hydroxylation sites is 1. The third-order valence-electron chi connectivity index (χ3n) is 1.85. The lowest BCUT2D eigenvalue weighted by Crippen LogP contribution is -2.25. The van der Waals surface area contributed by atoms with E-state index < -0.39 is 0 Å². The molecule has 70 valence electrons. The number of hydrogen-bond acceptors (Lipinski definition) is 3. The molecule has 1 heterocycles. The lowest BCUT2D eigenvalue weighted by molar-refractivity contribution is 1.51. The van der Waals surface area contributed by atoms with E-state index >= 15 is 0 Å². The molecule has 0 N–H and O–H groups in total. The Kier molecular flexibility index (Phi) is 2.67. The van der Waals surface area contributed by atoms with Gasteiger partial charge < -0.3 is 0 Å². The van der Waals surface area contributed by atoms with Crippen LogP contribution in [-0.2, 0) is 0 Å². The van der Waals surface area contributed by atoms with Gasteiger partial charge in [0.05, 0.1) is 0 Å². The van der Waals surface area contributed by atoms with E-state index in [0.29, 0.717) is 4.99 Å². The normalized spacial score (nSPS) is 16.6. The van der Waals surface area contributed by atoms with E-state index in [1.807, 2.05) is 35.2 Å². The van der Waals surface area contributed by atoms with E-state index in [9.17, 15) is 0 Å². The molecule has 0 saturated carbocycles. The Morgan fingerprint density at radius 3 is 2.29 bits per heavy atom. The van der Waals surface area contributed by atoms with Crippen LogP contribution in [0.2, 0.25) is 0 Å². The van der Waals surface area contributed by atoms with Gasteiger partial charge in [0.2, 0.25) is 0 Å². The number of nitrogens with zero attached hydrogens (tertiary/aromatic N) is 1. The molecule has 1 fully saturated rings. The zero-order chi connectivity index (χ0) is 10.1. The van der Waals surface area contributed by atoms with Crippen LogP contribution >= 0.6 is 36.2 Å². The van der Waals surface area contributed by atoms with Gasteiger partial charge in [-0.1, -0.05) is 61.0 Å². The fourth-order valence-electron chi connectivity index (χ4n) is 1.20. The van der Waals surface area contributed by atoms with Crippen LogP contribution in [0.25, 0.3) is 0 Å². The van der Waals surface area contributed by atoms with Crippen molar-refractivity contribution in [2.75, 3.05) is 4.90 Å². The summed E-state index contributed by atoms with van der Waals surface area (Å²) in [6.07, 6.45) is 0. The second-order valence-electron chi connectivity index (χ2n) is 2.77. The van der Waals surface area contributed by atoms with Gasteiger partial charge in [0.15, 0.2) is 4.32 Å².